The summed E-state index contributed by atoms with van der Waals surface area (Å²) in [5, 5.41) is 10.7. The van der Waals surface area contributed by atoms with Crippen LogP contribution in [0.4, 0.5) is 17.1 Å². The topological polar surface area (TPSA) is 29.3 Å². The Morgan fingerprint density at radius 2 is 1.10 bits per heavy atom. The molecule has 0 unspecified atom stereocenters. The van der Waals surface area contributed by atoms with E-state index in [2.05, 4.69) is 150 Å². The van der Waals surface area contributed by atoms with Crippen LogP contribution >= 0.6 is 22.7 Å². The molecule has 3 aromatic heterocycles. The quantitative estimate of drug-likeness (QED) is 0.174. The average Bonchev–Trinajstić information content (AvgIpc) is 3.88. The van der Waals surface area contributed by atoms with Crippen molar-refractivity contribution >= 4 is 114 Å². The van der Waals surface area contributed by atoms with Crippen LogP contribution in [0.25, 0.3) is 84.4 Å². The van der Waals surface area contributed by atoms with Crippen LogP contribution in [-0.4, -0.2) is 4.98 Å². The van der Waals surface area contributed by atoms with Gasteiger partial charge in [0, 0.05) is 65.0 Å². The summed E-state index contributed by atoms with van der Waals surface area (Å²) in [5.74, 6) is 0. The number of benzene rings is 8. The number of thiazole rings is 1. The van der Waals surface area contributed by atoms with Gasteiger partial charge in [-0.15, -0.1) is 22.7 Å². The zero-order valence-electron chi connectivity index (χ0n) is 26.6. The first-order valence-electron chi connectivity index (χ1n) is 16.7. The molecule has 0 N–H and O–H groups in total. The Hall–Kier alpha value is -6.01. The zero-order valence-corrected chi connectivity index (χ0v) is 28.3. The molecule has 0 saturated heterocycles. The van der Waals surface area contributed by atoms with Crippen molar-refractivity contribution in [3.63, 3.8) is 0 Å². The minimum absolute atomic E-state index is 0.879. The van der Waals surface area contributed by atoms with E-state index in [1.54, 1.807) is 11.3 Å². The van der Waals surface area contributed by atoms with E-state index in [9.17, 15) is 0 Å². The van der Waals surface area contributed by atoms with E-state index < -0.39 is 0 Å². The molecule has 0 aliphatic carbocycles. The van der Waals surface area contributed by atoms with Crippen molar-refractivity contribution in [3.8, 4) is 10.6 Å². The summed E-state index contributed by atoms with van der Waals surface area (Å²) in [6.07, 6.45) is 0. The third-order valence-corrected chi connectivity index (χ3v) is 12.2. The Labute approximate surface area is 294 Å². The minimum atomic E-state index is 0.879. The number of hydrogen-bond acceptors (Lipinski definition) is 5. The van der Waals surface area contributed by atoms with Gasteiger partial charge >= 0.3 is 0 Å². The number of aromatic nitrogens is 1. The highest BCUT2D eigenvalue weighted by molar-refractivity contribution is 7.25. The standard InChI is InChI=1S/C45H26N2OS2/c1-2-8-28(9-3-1)45-46-39-22-21-32-36(44(39)50-45)19-15-27-14-16-29(24-37(27)32)47(30-18-23-43-38(25-30)35-11-5-7-13-42(35)49-43)31-17-20-34-33-10-4-6-12-40(33)48-41(34)26-31/h1-26H. The molecule has 0 bridgehead atoms. The Kier molecular flexibility index (Phi) is 5.99. The van der Waals surface area contributed by atoms with Gasteiger partial charge in [-0.1, -0.05) is 91.0 Å². The molecular formula is C45H26N2OS2. The van der Waals surface area contributed by atoms with Gasteiger partial charge in [0.05, 0.1) is 10.2 Å². The summed E-state index contributed by atoms with van der Waals surface area (Å²) in [5.41, 5.74) is 7.21. The van der Waals surface area contributed by atoms with Gasteiger partial charge in [-0.25, -0.2) is 4.98 Å². The number of fused-ring (bicyclic) bond motifs is 11. The molecule has 0 atom stereocenters. The monoisotopic (exact) mass is 674 g/mol. The van der Waals surface area contributed by atoms with Gasteiger partial charge in [0.15, 0.2) is 0 Å². The number of anilines is 3. The van der Waals surface area contributed by atoms with Crippen molar-refractivity contribution in [3.05, 3.63) is 158 Å². The lowest BCUT2D eigenvalue weighted by atomic mass is 10.0. The van der Waals surface area contributed by atoms with Crippen LogP contribution in [0.1, 0.15) is 0 Å². The maximum Gasteiger partial charge on any atom is 0.137 e. The van der Waals surface area contributed by atoms with E-state index >= 15 is 0 Å². The maximum atomic E-state index is 6.40. The fourth-order valence-corrected chi connectivity index (χ4v) is 9.69. The zero-order chi connectivity index (χ0) is 32.8. The van der Waals surface area contributed by atoms with Gasteiger partial charge in [-0.3, -0.25) is 0 Å². The Morgan fingerprint density at radius 1 is 0.440 bits per heavy atom. The van der Waals surface area contributed by atoms with Gasteiger partial charge in [0.25, 0.3) is 0 Å². The summed E-state index contributed by atoms with van der Waals surface area (Å²) < 4.78 is 10.2. The Morgan fingerprint density at radius 3 is 2.02 bits per heavy atom. The molecule has 0 amide bonds. The van der Waals surface area contributed by atoms with Crippen molar-refractivity contribution in [2.75, 3.05) is 4.90 Å². The van der Waals surface area contributed by atoms with Gasteiger partial charge in [0.1, 0.15) is 16.2 Å². The molecule has 0 fully saturated rings. The molecular weight excluding hydrogens is 649 g/mol. The third-order valence-electron chi connectivity index (χ3n) is 9.87. The minimum Gasteiger partial charge on any atom is -0.456 e. The summed E-state index contributed by atoms with van der Waals surface area (Å²) in [7, 11) is 0. The van der Waals surface area contributed by atoms with Crippen LogP contribution in [0.3, 0.4) is 0 Å². The van der Waals surface area contributed by atoms with Gasteiger partial charge in [0.2, 0.25) is 0 Å². The van der Waals surface area contributed by atoms with Crippen molar-refractivity contribution < 1.29 is 4.42 Å². The molecule has 11 rings (SSSR count). The normalized spacial score (nSPS) is 12.0. The van der Waals surface area contributed by atoms with Crippen LogP contribution < -0.4 is 4.90 Å². The lowest BCUT2D eigenvalue weighted by Gasteiger charge is -2.26. The molecule has 3 nitrogen and oxygen atoms in total. The summed E-state index contributed by atoms with van der Waals surface area (Å²) in [4.78, 5) is 7.39. The van der Waals surface area contributed by atoms with E-state index in [-0.39, 0.29) is 0 Å². The SMILES string of the molecule is c1ccc(-c2nc3ccc4c5cc(N(c6ccc7c(c6)oc6ccccc67)c6ccc7sc8ccccc8c7c6)ccc5ccc4c3s2)cc1. The number of hydrogen-bond donors (Lipinski definition) is 0. The van der Waals surface area contributed by atoms with Gasteiger partial charge in [-0.2, -0.15) is 0 Å². The first kappa shape index (κ1) is 27.9. The van der Waals surface area contributed by atoms with Crippen LogP contribution in [0.2, 0.25) is 0 Å². The molecule has 0 aliphatic rings. The van der Waals surface area contributed by atoms with Gasteiger partial charge < -0.3 is 9.32 Å². The predicted octanol–water partition coefficient (Wildman–Crippen LogP) is 14.0. The number of rotatable bonds is 4. The number of thiophene rings is 1. The van der Waals surface area contributed by atoms with Crippen LogP contribution in [0, 0.1) is 0 Å². The van der Waals surface area contributed by atoms with Crippen molar-refractivity contribution in [2.24, 2.45) is 0 Å². The Bertz CT molecular complexity index is 3120. The predicted molar refractivity (Wildman–Crippen MR) is 215 cm³/mol. The molecule has 11 aromatic rings. The molecule has 234 valence electrons. The molecule has 5 heteroatoms. The van der Waals surface area contributed by atoms with Crippen molar-refractivity contribution in [1.82, 2.24) is 4.98 Å². The van der Waals surface area contributed by atoms with Crippen LogP contribution in [0.15, 0.2) is 162 Å². The highest BCUT2D eigenvalue weighted by Crippen LogP contribution is 2.44. The van der Waals surface area contributed by atoms with Crippen LogP contribution in [0.5, 0.6) is 0 Å². The molecule has 0 saturated carbocycles. The maximum absolute atomic E-state index is 6.40. The Balaban J connectivity index is 1.14. The summed E-state index contributed by atoms with van der Waals surface area (Å²) >= 11 is 3.61. The highest BCUT2D eigenvalue weighted by Gasteiger charge is 2.19. The summed E-state index contributed by atoms with van der Waals surface area (Å²) in [6.45, 7) is 0. The molecule has 0 spiro atoms. The van der Waals surface area contributed by atoms with Crippen molar-refractivity contribution in [1.29, 1.82) is 0 Å². The molecule has 50 heavy (non-hydrogen) atoms. The van der Waals surface area contributed by atoms with E-state index in [1.165, 1.54) is 46.4 Å². The highest BCUT2D eigenvalue weighted by atomic mass is 32.1. The number of nitrogens with zero attached hydrogens (tertiary/aromatic N) is 2. The average molecular weight is 675 g/mol. The fourth-order valence-electron chi connectivity index (χ4n) is 7.51. The smallest absolute Gasteiger partial charge is 0.137 e. The number of para-hydroxylation sites is 1. The lowest BCUT2D eigenvalue weighted by molar-refractivity contribution is 0.669. The molecule has 0 aliphatic heterocycles. The second kappa shape index (κ2) is 10.7. The first-order valence-corrected chi connectivity index (χ1v) is 18.3. The second-order valence-electron chi connectivity index (χ2n) is 12.8. The summed E-state index contributed by atoms with van der Waals surface area (Å²) in [6, 6.07) is 56.7. The third kappa shape index (κ3) is 4.24. The van der Waals surface area contributed by atoms with E-state index in [0.29, 0.717) is 0 Å². The number of furan rings is 1. The van der Waals surface area contributed by atoms with Gasteiger partial charge in [-0.05, 0) is 76.8 Å². The van der Waals surface area contributed by atoms with Crippen LogP contribution in [-0.2, 0) is 0 Å². The fraction of sp³-hybridized carbons (Fsp3) is 0. The largest absolute Gasteiger partial charge is 0.456 e. The van der Waals surface area contributed by atoms with E-state index in [1.807, 2.05) is 23.5 Å². The van der Waals surface area contributed by atoms with Crippen molar-refractivity contribution in [2.45, 2.75) is 0 Å². The first-order chi connectivity index (χ1) is 24.7. The second-order valence-corrected chi connectivity index (χ2v) is 14.8. The molecule has 0 radical (unpaired) electrons. The van der Waals surface area contributed by atoms with E-state index in [0.717, 1.165) is 55.1 Å². The van der Waals surface area contributed by atoms with E-state index in [4.69, 9.17) is 9.40 Å². The molecule has 3 heterocycles. The lowest BCUT2D eigenvalue weighted by Crippen LogP contribution is -2.09. The molecule has 8 aromatic carbocycles.